The third-order valence-corrected chi connectivity index (χ3v) is 6.40. The molecule has 158 valence electrons. The number of nitrogens with zero attached hydrogens (tertiary/aromatic N) is 2. The Bertz CT molecular complexity index is 915. The fraction of sp³-hybridized carbons (Fsp3) is 0.565. The monoisotopic (exact) mass is 414 g/mol. The lowest BCUT2D eigenvalue weighted by molar-refractivity contribution is 0.314. The van der Waals surface area contributed by atoms with Crippen LogP contribution in [0.3, 0.4) is 0 Å². The average molecular weight is 415 g/mol. The molecule has 1 aromatic carbocycles. The molecule has 3 rings (SSSR count). The molecule has 0 saturated heterocycles. The van der Waals surface area contributed by atoms with Gasteiger partial charge in [0.05, 0.1) is 12.1 Å². The first-order chi connectivity index (χ1) is 13.8. The van der Waals surface area contributed by atoms with Crippen molar-refractivity contribution in [2.45, 2.75) is 58.5 Å². The van der Waals surface area contributed by atoms with Gasteiger partial charge in [-0.15, -0.1) is 0 Å². The number of hydrogen-bond donors (Lipinski definition) is 2. The van der Waals surface area contributed by atoms with Gasteiger partial charge in [-0.05, 0) is 75.6 Å². The van der Waals surface area contributed by atoms with E-state index in [-0.39, 0.29) is 5.56 Å². The zero-order valence-electron chi connectivity index (χ0n) is 18.2. The summed E-state index contributed by atoms with van der Waals surface area (Å²) in [7, 11) is 4.12. The highest BCUT2D eigenvalue weighted by Gasteiger charge is 2.19. The Labute approximate surface area is 179 Å². The quantitative estimate of drug-likeness (QED) is 0.706. The third-order valence-electron chi connectivity index (χ3n) is 6.03. The molecule has 2 aromatic rings. The molecular weight excluding hydrogens is 380 g/mol. The van der Waals surface area contributed by atoms with Gasteiger partial charge in [0, 0.05) is 24.7 Å². The average Bonchev–Trinajstić information content (AvgIpc) is 2.69. The predicted octanol–water partition coefficient (Wildman–Crippen LogP) is 3.72. The highest BCUT2D eigenvalue weighted by atomic mass is 32.1. The normalized spacial score (nSPS) is 15.1. The lowest BCUT2D eigenvalue weighted by Crippen LogP contribution is -2.47. The van der Waals surface area contributed by atoms with E-state index in [9.17, 15) is 4.79 Å². The number of thiocarbonyl (C=S) groups is 1. The van der Waals surface area contributed by atoms with Crippen molar-refractivity contribution >= 4 is 28.2 Å². The summed E-state index contributed by atoms with van der Waals surface area (Å²) in [6.45, 7) is 6.32. The number of aryl methyl sites for hydroxylation is 2. The molecule has 6 heteroatoms. The summed E-state index contributed by atoms with van der Waals surface area (Å²) < 4.78 is 0. The SMILES string of the molecule is Cc1ccc2cc(CN(CCN(C)C)C(=S)NC3CCCCC3)c(=O)[nH]c2c1C. The van der Waals surface area contributed by atoms with E-state index in [1.807, 2.05) is 6.07 Å². The number of nitrogens with one attached hydrogen (secondary N) is 2. The maximum absolute atomic E-state index is 12.8. The number of aromatic nitrogens is 1. The van der Waals surface area contributed by atoms with E-state index in [0.29, 0.717) is 12.6 Å². The summed E-state index contributed by atoms with van der Waals surface area (Å²) in [5.41, 5.74) is 3.98. The summed E-state index contributed by atoms with van der Waals surface area (Å²) >= 11 is 5.77. The van der Waals surface area contributed by atoms with E-state index < -0.39 is 0 Å². The number of hydrogen-bond acceptors (Lipinski definition) is 3. The number of pyridine rings is 1. The van der Waals surface area contributed by atoms with Crippen LogP contribution >= 0.6 is 12.2 Å². The zero-order chi connectivity index (χ0) is 21.0. The molecule has 1 aliphatic carbocycles. The second kappa shape index (κ2) is 9.72. The molecule has 1 saturated carbocycles. The van der Waals surface area contributed by atoms with Gasteiger partial charge in [-0.25, -0.2) is 0 Å². The molecule has 0 bridgehead atoms. The smallest absolute Gasteiger partial charge is 0.253 e. The van der Waals surface area contributed by atoms with E-state index in [0.717, 1.165) is 40.2 Å². The molecule has 1 aromatic heterocycles. The molecule has 1 heterocycles. The molecule has 0 amide bonds. The molecule has 5 nitrogen and oxygen atoms in total. The van der Waals surface area contributed by atoms with Gasteiger partial charge in [0.2, 0.25) is 0 Å². The van der Waals surface area contributed by atoms with Crippen molar-refractivity contribution in [3.05, 3.63) is 45.2 Å². The lowest BCUT2D eigenvalue weighted by Gasteiger charge is -2.31. The van der Waals surface area contributed by atoms with Crippen molar-refractivity contribution in [2.75, 3.05) is 27.2 Å². The standard InChI is InChI=1S/C23H34N4OS/c1-16-10-11-18-14-19(22(28)25-21(18)17(16)2)15-27(13-12-26(3)4)23(29)24-20-8-6-5-7-9-20/h10-11,14,20H,5-9,12-13,15H2,1-4H3,(H,24,29)(H,25,28). The Hall–Kier alpha value is -1.92. The molecule has 0 spiro atoms. The third kappa shape index (κ3) is 5.58. The fourth-order valence-corrected chi connectivity index (χ4v) is 4.30. The van der Waals surface area contributed by atoms with Crippen molar-refractivity contribution in [2.24, 2.45) is 0 Å². The molecule has 1 aliphatic rings. The molecule has 29 heavy (non-hydrogen) atoms. The number of aromatic amines is 1. The molecule has 2 N–H and O–H groups in total. The van der Waals surface area contributed by atoms with Crippen LogP contribution in [0, 0.1) is 13.8 Å². The van der Waals surface area contributed by atoms with Crippen molar-refractivity contribution in [1.82, 2.24) is 20.1 Å². The Morgan fingerprint density at radius 1 is 1.17 bits per heavy atom. The number of H-pyrrole nitrogens is 1. The first-order valence-electron chi connectivity index (χ1n) is 10.7. The molecule has 0 unspecified atom stereocenters. The first-order valence-corrected chi connectivity index (χ1v) is 11.1. The van der Waals surface area contributed by atoms with Crippen LogP contribution in [0.4, 0.5) is 0 Å². The molecule has 0 aliphatic heterocycles. The molecule has 0 atom stereocenters. The minimum absolute atomic E-state index is 0.0264. The van der Waals surface area contributed by atoms with Crippen LogP contribution in [0.15, 0.2) is 23.0 Å². The molecule has 1 fully saturated rings. The summed E-state index contributed by atoms with van der Waals surface area (Å²) in [6.07, 6.45) is 6.20. The van der Waals surface area contributed by atoms with Gasteiger partial charge >= 0.3 is 0 Å². The number of likely N-dealkylation sites (N-methyl/N-ethyl adjacent to an activating group) is 1. The van der Waals surface area contributed by atoms with Crippen molar-refractivity contribution in [3.63, 3.8) is 0 Å². The lowest BCUT2D eigenvalue weighted by atomic mass is 9.96. The number of benzene rings is 1. The van der Waals surface area contributed by atoms with Gasteiger partial charge in [-0.1, -0.05) is 31.4 Å². The van der Waals surface area contributed by atoms with Gasteiger partial charge in [-0.3, -0.25) is 4.79 Å². The van der Waals surface area contributed by atoms with Gasteiger partial charge in [0.15, 0.2) is 5.11 Å². The van der Waals surface area contributed by atoms with E-state index in [2.05, 4.69) is 60.2 Å². The van der Waals surface area contributed by atoms with Crippen LogP contribution in [0.25, 0.3) is 10.9 Å². The van der Waals surface area contributed by atoms with Crippen molar-refractivity contribution in [3.8, 4) is 0 Å². The molecular formula is C23H34N4OS. The van der Waals surface area contributed by atoms with Crippen LogP contribution in [0.2, 0.25) is 0 Å². The van der Waals surface area contributed by atoms with Gasteiger partial charge in [0.25, 0.3) is 5.56 Å². The predicted molar refractivity (Wildman–Crippen MR) is 126 cm³/mol. The van der Waals surface area contributed by atoms with Crippen LogP contribution in [-0.2, 0) is 6.54 Å². The van der Waals surface area contributed by atoms with Crippen LogP contribution in [0.1, 0.15) is 48.8 Å². The second-order valence-corrected chi connectivity index (χ2v) is 8.99. The summed E-state index contributed by atoms with van der Waals surface area (Å²) in [6, 6.07) is 6.67. The van der Waals surface area contributed by atoms with Crippen LogP contribution < -0.4 is 10.9 Å². The zero-order valence-corrected chi connectivity index (χ0v) is 19.0. The Morgan fingerprint density at radius 2 is 1.90 bits per heavy atom. The van der Waals surface area contributed by atoms with Crippen LogP contribution in [0.5, 0.6) is 0 Å². The Morgan fingerprint density at radius 3 is 2.59 bits per heavy atom. The molecule has 0 radical (unpaired) electrons. The van der Waals surface area contributed by atoms with Gasteiger partial charge in [-0.2, -0.15) is 0 Å². The van der Waals surface area contributed by atoms with Gasteiger partial charge in [0.1, 0.15) is 0 Å². The Balaban J connectivity index is 1.82. The summed E-state index contributed by atoms with van der Waals surface area (Å²) in [4.78, 5) is 20.2. The van der Waals surface area contributed by atoms with E-state index in [1.54, 1.807) is 0 Å². The van der Waals surface area contributed by atoms with E-state index >= 15 is 0 Å². The summed E-state index contributed by atoms with van der Waals surface area (Å²) in [5, 5.41) is 5.40. The number of fused-ring (bicyclic) bond motifs is 1. The van der Waals surface area contributed by atoms with E-state index in [4.69, 9.17) is 12.2 Å². The van der Waals surface area contributed by atoms with E-state index in [1.165, 1.54) is 37.7 Å². The Kier molecular flexibility index (Phi) is 7.30. The maximum Gasteiger partial charge on any atom is 0.253 e. The van der Waals surface area contributed by atoms with Gasteiger partial charge < -0.3 is 20.1 Å². The van der Waals surface area contributed by atoms with Crippen molar-refractivity contribution < 1.29 is 0 Å². The minimum atomic E-state index is -0.0264. The topological polar surface area (TPSA) is 51.4 Å². The minimum Gasteiger partial charge on any atom is -0.360 e. The highest BCUT2D eigenvalue weighted by Crippen LogP contribution is 2.20. The first kappa shape index (κ1) is 21.8. The largest absolute Gasteiger partial charge is 0.360 e. The summed E-state index contributed by atoms with van der Waals surface area (Å²) in [5.74, 6) is 0. The van der Waals surface area contributed by atoms with Crippen molar-refractivity contribution in [1.29, 1.82) is 0 Å². The van der Waals surface area contributed by atoms with Crippen LogP contribution in [-0.4, -0.2) is 53.1 Å². The fourth-order valence-electron chi connectivity index (χ4n) is 3.98. The number of rotatable bonds is 6. The second-order valence-electron chi connectivity index (χ2n) is 8.60. The maximum atomic E-state index is 12.8. The highest BCUT2D eigenvalue weighted by molar-refractivity contribution is 7.80.